The predicted molar refractivity (Wildman–Crippen MR) is 63.0 cm³/mol. The summed E-state index contributed by atoms with van der Waals surface area (Å²) in [6.45, 7) is 1.99. The molecule has 0 amide bonds. The Morgan fingerprint density at radius 3 is 2.47 bits per heavy atom. The molecule has 0 aliphatic rings. The largest absolute Gasteiger partial charge is 0.481 e. The average Bonchev–Trinajstić information content (AvgIpc) is 2.28. The molecule has 0 saturated heterocycles. The van der Waals surface area contributed by atoms with Crippen LogP contribution < -0.4 is 0 Å². The second kappa shape index (κ2) is 5.98. The summed E-state index contributed by atoms with van der Waals surface area (Å²) >= 11 is 0. The maximum Gasteiger partial charge on any atom is 0.303 e. The molecule has 0 bridgehead atoms. The SMILES string of the molecule is CC(CCCC(=O)O)c1ccc([N+](=O)[O-])cc1. The van der Waals surface area contributed by atoms with Gasteiger partial charge >= 0.3 is 5.97 Å². The minimum Gasteiger partial charge on any atom is -0.481 e. The molecule has 1 rings (SSSR count). The Labute approximate surface area is 99.2 Å². The van der Waals surface area contributed by atoms with Gasteiger partial charge in [0.15, 0.2) is 0 Å². The highest BCUT2D eigenvalue weighted by Gasteiger charge is 2.09. The molecule has 0 fully saturated rings. The lowest BCUT2D eigenvalue weighted by atomic mass is 9.95. The molecule has 1 aromatic carbocycles. The van der Waals surface area contributed by atoms with Crippen LogP contribution in [0, 0.1) is 10.1 Å². The van der Waals surface area contributed by atoms with E-state index in [2.05, 4.69) is 0 Å². The molecule has 1 unspecified atom stereocenters. The van der Waals surface area contributed by atoms with Crippen molar-refractivity contribution in [3.8, 4) is 0 Å². The fourth-order valence-corrected chi connectivity index (χ4v) is 1.65. The van der Waals surface area contributed by atoms with Gasteiger partial charge in [0.2, 0.25) is 0 Å². The fraction of sp³-hybridized carbons (Fsp3) is 0.417. The molecule has 92 valence electrons. The van der Waals surface area contributed by atoms with E-state index < -0.39 is 10.9 Å². The van der Waals surface area contributed by atoms with Crippen LogP contribution in [0.25, 0.3) is 0 Å². The van der Waals surface area contributed by atoms with Gasteiger partial charge in [0.05, 0.1) is 4.92 Å². The lowest BCUT2D eigenvalue weighted by Crippen LogP contribution is -1.98. The van der Waals surface area contributed by atoms with E-state index in [-0.39, 0.29) is 18.0 Å². The number of benzene rings is 1. The number of non-ortho nitro benzene ring substituents is 1. The van der Waals surface area contributed by atoms with E-state index in [0.29, 0.717) is 6.42 Å². The van der Waals surface area contributed by atoms with Gasteiger partial charge in [-0.15, -0.1) is 0 Å². The average molecular weight is 237 g/mol. The first-order valence-corrected chi connectivity index (χ1v) is 5.47. The highest BCUT2D eigenvalue weighted by atomic mass is 16.6. The van der Waals surface area contributed by atoms with E-state index in [0.717, 1.165) is 12.0 Å². The van der Waals surface area contributed by atoms with E-state index in [1.54, 1.807) is 12.1 Å². The summed E-state index contributed by atoms with van der Waals surface area (Å²) in [6.07, 6.45) is 1.55. The van der Waals surface area contributed by atoms with Crippen LogP contribution in [-0.2, 0) is 4.79 Å². The zero-order valence-electron chi connectivity index (χ0n) is 9.63. The standard InChI is InChI=1S/C12H15NO4/c1-9(3-2-4-12(14)15)10-5-7-11(8-6-10)13(16)17/h5-9H,2-4H2,1H3,(H,14,15). The van der Waals surface area contributed by atoms with E-state index in [1.807, 2.05) is 6.92 Å². The van der Waals surface area contributed by atoms with Crippen molar-refractivity contribution in [3.63, 3.8) is 0 Å². The van der Waals surface area contributed by atoms with Crippen LogP contribution in [0.1, 0.15) is 37.7 Å². The minimum absolute atomic E-state index is 0.0754. The normalized spacial score (nSPS) is 12.1. The molecule has 5 heteroatoms. The molecule has 0 spiro atoms. The number of carbonyl (C=O) groups is 1. The van der Waals surface area contributed by atoms with E-state index in [1.165, 1.54) is 12.1 Å². The lowest BCUT2D eigenvalue weighted by Gasteiger charge is -2.10. The van der Waals surface area contributed by atoms with Crippen molar-refractivity contribution in [1.82, 2.24) is 0 Å². The minimum atomic E-state index is -0.791. The highest BCUT2D eigenvalue weighted by molar-refractivity contribution is 5.66. The van der Waals surface area contributed by atoms with Crippen LogP contribution in [0.4, 0.5) is 5.69 Å². The second-order valence-corrected chi connectivity index (χ2v) is 4.04. The number of hydrogen-bond acceptors (Lipinski definition) is 3. The number of carboxylic acid groups (broad SMARTS) is 1. The van der Waals surface area contributed by atoms with Crippen molar-refractivity contribution in [1.29, 1.82) is 0 Å². The summed E-state index contributed by atoms with van der Waals surface area (Å²) in [5.41, 5.74) is 1.08. The highest BCUT2D eigenvalue weighted by Crippen LogP contribution is 2.23. The van der Waals surface area contributed by atoms with E-state index >= 15 is 0 Å². The van der Waals surface area contributed by atoms with Crippen LogP contribution in [-0.4, -0.2) is 16.0 Å². The van der Waals surface area contributed by atoms with Gasteiger partial charge in [0, 0.05) is 18.6 Å². The summed E-state index contributed by atoms with van der Waals surface area (Å²) in [5.74, 6) is -0.573. The molecular formula is C12H15NO4. The number of nitro groups is 1. The summed E-state index contributed by atoms with van der Waals surface area (Å²) in [4.78, 5) is 20.4. The van der Waals surface area contributed by atoms with Gasteiger partial charge in [-0.05, 0) is 24.3 Å². The Kier molecular flexibility index (Phi) is 4.63. The first-order valence-electron chi connectivity index (χ1n) is 5.47. The first kappa shape index (κ1) is 13.2. The van der Waals surface area contributed by atoms with Gasteiger partial charge in [-0.1, -0.05) is 19.1 Å². The van der Waals surface area contributed by atoms with Crippen LogP contribution in [0.15, 0.2) is 24.3 Å². The molecule has 0 heterocycles. The van der Waals surface area contributed by atoms with Crippen LogP contribution in [0.5, 0.6) is 0 Å². The Morgan fingerprint density at radius 1 is 1.41 bits per heavy atom. The number of hydrogen-bond donors (Lipinski definition) is 1. The summed E-state index contributed by atoms with van der Waals surface area (Å²) in [5, 5.41) is 19.0. The zero-order chi connectivity index (χ0) is 12.8. The molecule has 5 nitrogen and oxygen atoms in total. The molecule has 1 N–H and O–H groups in total. The lowest BCUT2D eigenvalue weighted by molar-refractivity contribution is -0.384. The number of nitro benzene ring substituents is 1. The summed E-state index contributed by atoms with van der Waals surface area (Å²) < 4.78 is 0. The maximum absolute atomic E-state index is 10.5. The number of carboxylic acids is 1. The van der Waals surface area contributed by atoms with E-state index in [9.17, 15) is 14.9 Å². The number of aliphatic carboxylic acids is 1. The zero-order valence-corrected chi connectivity index (χ0v) is 9.63. The molecule has 17 heavy (non-hydrogen) atoms. The van der Waals surface area contributed by atoms with Crippen LogP contribution >= 0.6 is 0 Å². The van der Waals surface area contributed by atoms with Gasteiger partial charge < -0.3 is 5.11 Å². The topological polar surface area (TPSA) is 80.4 Å². The van der Waals surface area contributed by atoms with Crippen molar-refractivity contribution in [2.45, 2.75) is 32.1 Å². The third kappa shape index (κ3) is 4.22. The van der Waals surface area contributed by atoms with Crippen LogP contribution in [0.3, 0.4) is 0 Å². The Bertz CT molecular complexity index is 399. The molecule has 1 atom stereocenters. The summed E-state index contributed by atoms with van der Waals surface area (Å²) in [7, 11) is 0. The van der Waals surface area contributed by atoms with Gasteiger partial charge in [-0.2, -0.15) is 0 Å². The van der Waals surface area contributed by atoms with Crippen molar-refractivity contribution >= 4 is 11.7 Å². The quantitative estimate of drug-likeness (QED) is 0.609. The van der Waals surface area contributed by atoms with Crippen molar-refractivity contribution in [2.75, 3.05) is 0 Å². The molecule has 0 aliphatic heterocycles. The monoisotopic (exact) mass is 237 g/mol. The third-order valence-corrected chi connectivity index (χ3v) is 2.70. The number of rotatable bonds is 6. The Hall–Kier alpha value is -1.91. The van der Waals surface area contributed by atoms with Crippen molar-refractivity contribution in [3.05, 3.63) is 39.9 Å². The molecule has 1 aromatic rings. The molecule has 0 aliphatic carbocycles. The second-order valence-electron chi connectivity index (χ2n) is 4.04. The smallest absolute Gasteiger partial charge is 0.303 e. The number of nitrogens with zero attached hydrogens (tertiary/aromatic N) is 1. The first-order chi connectivity index (χ1) is 8.00. The van der Waals surface area contributed by atoms with Crippen molar-refractivity contribution < 1.29 is 14.8 Å². The van der Waals surface area contributed by atoms with Gasteiger partial charge in [-0.25, -0.2) is 0 Å². The molecule has 0 saturated carbocycles. The Morgan fingerprint density at radius 2 is 2.00 bits per heavy atom. The van der Waals surface area contributed by atoms with Gasteiger partial charge in [0.25, 0.3) is 5.69 Å². The fourth-order valence-electron chi connectivity index (χ4n) is 1.65. The van der Waals surface area contributed by atoms with Gasteiger partial charge in [0.1, 0.15) is 0 Å². The summed E-state index contributed by atoms with van der Waals surface area (Å²) in [6, 6.07) is 6.40. The third-order valence-electron chi connectivity index (χ3n) is 2.70. The van der Waals surface area contributed by atoms with Crippen molar-refractivity contribution in [2.24, 2.45) is 0 Å². The predicted octanol–water partition coefficient (Wildman–Crippen LogP) is 2.95. The molecule has 0 radical (unpaired) electrons. The molecular weight excluding hydrogens is 222 g/mol. The maximum atomic E-state index is 10.5. The van der Waals surface area contributed by atoms with Gasteiger partial charge in [-0.3, -0.25) is 14.9 Å². The Balaban J connectivity index is 2.54. The molecule has 0 aromatic heterocycles. The van der Waals surface area contributed by atoms with Crippen LogP contribution in [0.2, 0.25) is 0 Å². The van der Waals surface area contributed by atoms with E-state index in [4.69, 9.17) is 5.11 Å².